The fourth-order valence-electron chi connectivity index (χ4n) is 1.90. The molecular formula is C16H16FNOS. The highest BCUT2D eigenvalue weighted by Crippen LogP contribution is 2.16. The topological polar surface area (TPSA) is 29.1 Å². The number of carbonyl (C=O) groups excluding carboxylic acids is 1. The van der Waals surface area contributed by atoms with Gasteiger partial charge in [-0.25, -0.2) is 4.39 Å². The number of rotatable bonds is 4. The van der Waals surface area contributed by atoms with Crippen LogP contribution in [0.2, 0.25) is 0 Å². The average molecular weight is 289 g/mol. The van der Waals surface area contributed by atoms with Crippen molar-refractivity contribution in [3.63, 3.8) is 0 Å². The monoisotopic (exact) mass is 289 g/mol. The zero-order chi connectivity index (χ0) is 14.5. The van der Waals surface area contributed by atoms with E-state index in [1.165, 1.54) is 23.8 Å². The van der Waals surface area contributed by atoms with Gasteiger partial charge in [0.1, 0.15) is 5.82 Å². The molecule has 2 aromatic rings. The molecule has 1 N–H and O–H groups in total. The Morgan fingerprint density at radius 3 is 2.50 bits per heavy atom. The first-order chi connectivity index (χ1) is 9.60. The lowest BCUT2D eigenvalue weighted by Gasteiger charge is -2.07. The molecule has 0 aliphatic heterocycles. The predicted octanol–water partition coefficient (Wildman–Crippen LogP) is 4.32. The van der Waals surface area contributed by atoms with E-state index >= 15 is 0 Å². The zero-order valence-corrected chi connectivity index (χ0v) is 12.1. The number of carbonyl (C=O) groups is 1. The Hall–Kier alpha value is -1.81. The van der Waals surface area contributed by atoms with Crippen LogP contribution in [-0.4, -0.2) is 5.91 Å². The molecule has 0 fully saturated rings. The molecule has 0 saturated carbocycles. The van der Waals surface area contributed by atoms with Gasteiger partial charge >= 0.3 is 0 Å². The van der Waals surface area contributed by atoms with Crippen LogP contribution in [0.5, 0.6) is 0 Å². The van der Waals surface area contributed by atoms with Crippen LogP contribution in [0.3, 0.4) is 0 Å². The summed E-state index contributed by atoms with van der Waals surface area (Å²) in [7, 11) is 0. The molecule has 2 rings (SSSR count). The number of benzene rings is 2. The lowest BCUT2D eigenvalue weighted by Crippen LogP contribution is -2.12. The standard InChI is InChI=1S/C16H16FNOS/c1-2-3-11-4-7-13(8-5-11)18-16(19)12-6-9-14(17)15(20)10-12/h4-10,20H,2-3H2,1H3,(H,18,19). The molecule has 0 aliphatic rings. The van der Waals surface area contributed by atoms with Gasteiger partial charge in [0.05, 0.1) is 0 Å². The summed E-state index contributed by atoms with van der Waals surface area (Å²) in [5.74, 6) is -0.711. The van der Waals surface area contributed by atoms with Crippen molar-refractivity contribution < 1.29 is 9.18 Å². The summed E-state index contributed by atoms with van der Waals surface area (Å²) >= 11 is 3.97. The van der Waals surface area contributed by atoms with Gasteiger partial charge in [0, 0.05) is 16.1 Å². The van der Waals surface area contributed by atoms with Crippen molar-refractivity contribution in [2.75, 3.05) is 5.32 Å². The highest BCUT2D eigenvalue weighted by molar-refractivity contribution is 7.80. The van der Waals surface area contributed by atoms with E-state index in [2.05, 4.69) is 24.9 Å². The van der Waals surface area contributed by atoms with Crippen molar-refractivity contribution in [3.05, 3.63) is 59.4 Å². The van der Waals surface area contributed by atoms with Crippen LogP contribution in [0.15, 0.2) is 47.4 Å². The minimum Gasteiger partial charge on any atom is -0.322 e. The van der Waals surface area contributed by atoms with E-state index in [0.29, 0.717) is 5.56 Å². The maximum Gasteiger partial charge on any atom is 0.255 e. The number of hydrogen-bond acceptors (Lipinski definition) is 2. The van der Waals surface area contributed by atoms with Crippen molar-refractivity contribution in [1.29, 1.82) is 0 Å². The van der Waals surface area contributed by atoms with Crippen LogP contribution < -0.4 is 5.32 Å². The lowest BCUT2D eigenvalue weighted by molar-refractivity contribution is 0.102. The molecule has 104 valence electrons. The molecule has 0 saturated heterocycles. The first kappa shape index (κ1) is 14.6. The highest BCUT2D eigenvalue weighted by Gasteiger charge is 2.08. The van der Waals surface area contributed by atoms with Gasteiger partial charge in [0.2, 0.25) is 0 Å². The Labute approximate surface area is 123 Å². The third kappa shape index (κ3) is 3.61. The first-order valence-corrected chi connectivity index (χ1v) is 6.93. The van der Waals surface area contributed by atoms with Crippen LogP contribution in [0.1, 0.15) is 29.3 Å². The van der Waals surface area contributed by atoms with Gasteiger partial charge in [-0.15, -0.1) is 12.6 Å². The molecule has 0 bridgehead atoms. The largest absolute Gasteiger partial charge is 0.322 e. The molecule has 1 amide bonds. The minimum absolute atomic E-state index is 0.163. The van der Waals surface area contributed by atoms with Gasteiger partial charge in [-0.3, -0.25) is 4.79 Å². The SMILES string of the molecule is CCCc1ccc(NC(=O)c2ccc(F)c(S)c2)cc1. The van der Waals surface area contributed by atoms with Gasteiger partial charge in [-0.1, -0.05) is 25.5 Å². The molecule has 0 aliphatic carbocycles. The summed E-state index contributed by atoms with van der Waals surface area (Å²) in [6.45, 7) is 2.12. The third-order valence-electron chi connectivity index (χ3n) is 2.96. The normalized spacial score (nSPS) is 10.3. The van der Waals surface area contributed by atoms with Crippen molar-refractivity contribution in [2.24, 2.45) is 0 Å². The van der Waals surface area contributed by atoms with Gasteiger partial charge in [0.25, 0.3) is 5.91 Å². The number of anilines is 1. The Bertz CT molecular complexity index is 610. The molecule has 0 unspecified atom stereocenters. The average Bonchev–Trinajstić information content (AvgIpc) is 2.44. The van der Waals surface area contributed by atoms with E-state index in [9.17, 15) is 9.18 Å². The van der Waals surface area contributed by atoms with E-state index in [4.69, 9.17) is 0 Å². The van der Waals surface area contributed by atoms with E-state index in [-0.39, 0.29) is 10.8 Å². The smallest absolute Gasteiger partial charge is 0.255 e. The minimum atomic E-state index is -0.436. The Morgan fingerprint density at radius 1 is 1.20 bits per heavy atom. The fraction of sp³-hybridized carbons (Fsp3) is 0.188. The van der Waals surface area contributed by atoms with Crippen LogP contribution >= 0.6 is 12.6 Å². The quantitative estimate of drug-likeness (QED) is 0.806. The van der Waals surface area contributed by atoms with Crippen molar-refractivity contribution in [1.82, 2.24) is 0 Å². The summed E-state index contributed by atoms with van der Waals surface area (Å²) in [5, 5.41) is 2.78. The summed E-state index contributed by atoms with van der Waals surface area (Å²) in [4.78, 5) is 12.2. The van der Waals surface area contributed by atoms with Crippen LogP contribution in [0.4, 0.5) is 10.1 Å². The zero-order valence-electron chi connectivity index (χ0n) is 11.2. The molecule has 0 aromatic heterocycles. The molecule has 20 heavy (non-hydrogen) atoms. The summed E-state index contributed by atoms with van der Waals surface area (Å²) in [6.07, 6.45) is 2.11. The summed E-state index contributed by atoms with van der Waals surface area (Å²) < 4.78 is 13.1. The van der Waals surface area contributed by atoms with Gasteiger partial charge in [0.15, 0.2) is 0 Å². The van der Waals surface area contributed by atoms with Crippen molar-refractivity contribution in [3.8, 4) is 0 Å². The molecule has 0 spiro atoms. The Kier molecular flexibility index (Phi) is 4.79. The third-order valence-corrected chi connectivity index (χ3v) is 3.30. The number of hydrogen-bond donors (Lipinski definition) is 2. The van der Waals surface area contributed by atoms with Gasteiger partial charge < -0.3 is 5.32 Å². The molecular weight excluding hydrogens is 273 g/mol. The summed E-state index contributed by atoms with van der Waals surface area (Å²) in [6, 6.07) is 11.8. The predicted molar refractivity (Wildman–Crippen MR) is 82.0 cm³/mol. The van der Waals surface area contributed by atoms with E-state index in [0.717, 1.165) is 18.5 Å². The van der Waals surface area contributed by atoms with Gasteiger partial charge in [-0.05, 0) is 42.3 Å². The van der Waals surface area contributed by atoms with E-state index in [1.54, 1.807) is 0 Å². The van der Waals surface area contributed by atoms with Crippen molar-refractivity contribution in [2.45, 2.75) is 24.7 Å². The molecule has 0 heterocycles. The number of aryl methyl sites for hydroxylation is 1. The molecule has 2 nitrogen and oxygen atoms in total. The number of halogens is 1. The van der Waals surface area contributed by atoms with Crippen LogP contribution in [0.25, 0.3) is 0 Å². The van der Waals surface area contributed by atoms with Crippen LogP contribution in [-0.2, 0) is 6.42 Å². The second-order valence-electron chi connectivity index (χ2n) is 4.57. The second kappa shape index (κ2) is 6.57. The molecule has 0 atom stereocenters. The maximum atomic E-state index is 13.1. The lowest BCUT2D eigenvalue weighted by atomic mass is 10.1. The number of nitrogens with one attached hydrogen (secondary N) is 1. The highest BCUT2D eigenvalue weighted by atomic mass is 32.1. The van der Waals surface area contributed by atoms with E-state index in [1.807, 2.05) is 24.3 Å². The van der Waals surface area contributed by atoms with Gasteiger partial charge in [-0.2, -0.15) is 0 Å². The Morgan fingerprint density at radius 2 is 1.90 bits per heavy atom. The Balaban J connectivity index is 2.08. The first-order valence-electron chi connectivity index (χ1n) is 6.49. The molecule has 4 heteroatoms. The maximum absolute atomic E-state index is 13.1. The number of thiol groups is 1. The molecule has 0 radical (unpaired) electrons. The second-order valence-corrected chi connectivity index (χ2v) is 5.05. The number of amides is 1. The van der Waals surface area contributed by atoms with Crippen LogP contribution in [0, 0.1) is 5.82 Å². The fourth-order valence-corrected chi connectivity index (χ4v) is 2.11. The summed E-state index contributed by atoms with van der Waals surface area (Å²) in [5.41, 5.74) is 2.35. The van der Waals surface area contributed by atoms with E-state index < -0.39 is 5.82 Å². The van der Waals surface area contributed by atoms with Crippen molar-refractivity contribution >= 4 is 24.2 Å². The molecule has 2 aromatic carbocycles.